The highest BCUT2D eigenvalue weighted by Gasteiger charge is 2.16. The van der Waals surface area contributed by atoms with Gasteiger partial charge in [0.1, 0.15) is 0 Å². The van der Waals surface area contributed by atoms with Crippen molar-refractivity contribution in [2.75, 3.05) is 36.4 Å². The summed E-state index contributed by atoms with van der Waals surface area (Å²) in [6.07, 6.45) is 2.35. The standard InChI is InChI=1S/C14H20N4O2.2ClH/c15-9-13(19)16-10-14(20)17-11-5-1-2-6-12(11)18-7-3-4-8-18;;/h1-2,5-6H,3-4,7-10,15H2,(H,16,19)(H,17,20);2*1H. The molecule has 0 aromatic heterocycles. The van der Waals surface area contributed by atoms with Gasteiger partial charge in [-0.05, 0) is 25.0 Å². The molecule has 1 aliphatic rings. The van der Waals surface area contributed by atoms with E-state index >= 15 is 0 Å². The van der Waals surface area contributed by atoms with Gasteiger partial charge in [-0.25, -0.2) is 0 Å². The molecule has 8 heteroatoms. The Morgan fingerprint density at radius 1 is 1.09 bits per heavy atom. The molecule has 1 aliphatic heterocycles. The molecule has 2 amide bonds. The Kier molecular flexibility index (Phi) is 9.56. The first-order valence-electron chi connectivity index (χ1n) is 6.81. The van der Waals surface area contributed by atoms with Crippen LogP contribution in [0.25, 0.3) is 0 Å². The number of rotatable bonds is 5. The van der Waals surface area contributed by atoms with E-state index in [0.717, 1.165) is 24.5 Å². The molecule has 0 radical (unpaired) electrons. The number of carbonyl (C=O) groups is 2. The molecule has 124 valence electrons. The third-order valence-corrected chi connectivity index (χ3v) is 3.26. The maximum Gasteiger partial charge on any atom is 0.243 e. The summed E-state index contributed by atoms with van der Waals surface area (Å²) in [5.41, 5.74) is 6.98. The van der Waals surface area contributed by atoms with Crippen LogP contribution in [-0.2, 0) is 9.59 Å². The fourth-order valence-corrected chi connectivity index (χ4v) is 2.26. The van der Waals surface area contributed by atoms with Gasteiger partial charge in [-0.3, -0.25) is 9.59 Å². The average molecular weight is 349 g/mol. The molecule has 1 aromatic carbocycles. The molecule has 0 saturated carbocycles. The summed E-state index contributed by atoms with van der Waals surface area (Å²) in [4.78, 5) is 25.1. The Labute approximate surface area is 142 Å². The first kappa shape index (κ1) is 20.5. The Morgan fingerprint density at radius 3 is 2.36 bits per heavy atom. The fraction of sp³-hybridized carbons (Fsp3) is 0.429. The lowest BCUT2D eigenvalue weighted by Crippen LogP contribution is -2.36. The van der Waals surface area contributed by atoms with E-state index in [1.54, 1.807) is 0 Å². The lowest BCUT2D eigenvalue weighted by molar-refractivity contribution is -0.123. The number of benzene rings is 1. The number of nitrogens with zero attached hydrogens (tertiary/aromatic N) is 1. The number of halogens is 2. The van der Waals surface area contributed by atoms with Crippen LogP contribution in [-0.4, -0.2) is 38.0 Å². The van der Waals surface area contributed by atoms with Crippen molar-refractivity contribution in [2.45, 2.75) is 12.8 Å². The van der Waals surface area contributed by atoms with E-state index in [9.17, 15) is 9.59 Å². The van der Waals surface area contributed by atoms with Crippen molar-refractivity contribution in [1.29, 1.82) is 0 Å². The molecule has 0 spiro atoms. The predicted octanol–water partition coefficient (Wildman–Crippen LogP) is 1.14. The minimum absolute atomic E-state index is 0. The van der Waals surface area contributed by atoms with Gasteiger partial charge in [-0.15, -0.1) is 24.8 Å². The minimum atomic E-state index is -0.340. The van der Waals surface area contributed by atoms with E-state index in [1.807, 2.05) is 24.3 Å². The normalized spacial score (nSPS) is 12.9. The van der Waals surface area contributed by atoms with Crippen molar-refractivity contribution in [3.63, 3.8) is 0 Å². The van der Waals surface area contributed by atoms with Gasteiger partial charge in [0, 0.05) is 13.1 Å². The molecule has 4 N–H and O–H groups in total. The number of anilines is 2. The van der Waals surface area contributed by atoms with Gasteiger partial charge in [0.2, 0.25) is 11.8 Å². The molecule has 1 saturated heterocycles. The number of hydrogen-bond acceptors (Lipinski definition) is 4. The number of amides is 2. The second-order valence-corrected chi connectivity index (χ2v) is 4.74. The van der Waals surface area contributed by atoms with Gasteiger partial charge in [0.05, 0.1) is 24.5 Å². The molecule has 1 heterocycles. The highest BCUT2D eigenvalue weighted by atomic mass is 35.5. The summed E-state index contributed by atoms with van der Waals surface area (Å²) in [5.74, 6) is -0.591. The number of carbonyl (C=O) groups excluding carboxylic acids is 2. The van der Waals surface area contributed by atoms with Crippen LogP contribution in [0.4, 0.5) is 11.4 Å². The molecule has 1 fully saturated rings. The Morgan fingerprint density at radius 2 is 1.73 bits per heavy atom. The number of para-hydroxylation sites is 2. The number of hydrogen-bond donors (Lipinski definition) is 3. The fourth-order valence-electron chi connectivity index (χ4n) is 2.26. The van der Waals surface area contributed by atoms with Crippen molar-refractivity contribution in [3.05, 3.63) is 24.3 Å². The zero-order valence-corrected chi connectivity index (χ0v) is 13.8. The molecule has 6 nitrogen and oxygen atoms in total. The van der Waals surface area contributed by atoms with Crippen LogP contribution in [0.3, 0.4) is 0 Å². The SMILES string of the molecule is Cl.Cl.NCC(=O)NCC(=O)Nc1ccccc1N1CCCC1. The second-order valence-electron chi connectivity index (χ2n) is 4.74. The van der Waals surface area contributed by atoms with Crippen molar-refractivity contribution >= 4 is 48.0 Å². The summed E-state index contributed by atoms with van der Waals surface area (Å²) in [6, 6.07) is 7.71. The molecular weight excluding hydrogens is 327 g/mol. The average Bonchev–Trinajstić information content (AvgIpc) is 2.99. The number of nitrogens with one attached hydrogen (secondary N) is 2. The quantitative estimate of drug-likeness (QED) is 0.744. The Balaban J connectivity index is 0.00000220. The van der Waals surface area contributed by atoms with Crippen LogP contribution < -0.4 is 21.3 Å². The highest BCUT2D eigenvalue weighted by Crippen LogP contribution is 2.28. The summed E-state index contributed by atoms with van der Waals surface area (Å²) >= 11 is 0. The monoisotopic (exact) mass is 348 g/mol. The molecule has 1 aromatic rings. The molecule has 2 rings (SSSR count). The summed E-state index contributed by atoms with van der Waals surface area (Å²) in [7, 11) is 0. The van der Waals surface area contributed by atoms with Crippen molar-refractivity contribution in [2.24, 2.45) is 5.73 Å². The van der Waals surface area contributed by atoms with Crippen molar-refractivity contribution < 1.29 is 9.59 Å². The Hall–Kier alpha value is -1.50. The lowest BCUT2D eigenvalue weighted by atomic mass is 10.2. The molecule has 22 heavy (non-hydrogen) atoms. The molecule has 0 atom stereocenters. The molecule has 0 bridgehead atoms. The maximum absolute atomic E-state index is 11.8. The van der Waals surface area contributed by atoms with Crippen LogP contribution >= 0.6 is 24.8 Å². The minimum Gasteiger partial charge on any atom is -0.370 e. The van der Waals surface area contributed by atoms with Gasteiger partial charge in [-0.2, -0.15) is 0 Å². The third kappa shape index (κ3) is 5.71. The smallest absolute Gasteiger partial charge is 0.243 e. The van der Waals surface area contributed by atoms with E-state index in [1.165, 1.54) is 12.8 Å². The maximum atomic E-state index is 11.8. The zero-order chi connectivity index (χ0) is 14.4. The van der Waals surface area contributed by atoms with Gasteiger partial charge in [0.15, 0.2) is 0 Å². The van der Waals surface area contributed by atoms with Gasteiger partial charge in [-0.1, -0.05) is 12.1 Å². The lowest BCUT2D eigenvalue weighted by Gasteiger charge is -2.21. The van der Waals surface area contributed by atoms with Crippen LogP contribution in [0.1, 0.15) is 12.8 Å². The largest absolute Gasteiger partial charge is 0.370 e. The Bertz CT molecular complexity index is 493. The third-order valence-electron chi connectivity index (χ3n) is 3.26. The van der Waals surface area contributed by atoms with E-state index in [2.05, 4.69) is 15.5 Å². The van der Waals surface area contributed by atoms with Crippen LogP contribution in [0.5, 0.6) is 0 Å². The second kappa shape index (κ2) is 10.3. The van der Waals surface area contributed by atoms with E-state index < -0.39 is 0 Å². The van der Waals surface area contributed by atoms with Crippen LogP contribution in [0, 0.1) is 0 Å². The first-order chi connectivity index (χ1) is 9.70. The van der Waals surface area contributed by atoms with Crippen LogP contribution in [0.15, 0.2) is 24.3 Å². The topological polar surface area (TPSA) is 87.5 Å². The summed E-state index contributed by atoms with van der Waals surface area (Å²) in [6.45, 7) is 1.84. The summed E-state index contributed by atoms with van der Waals surface area (Å²) in [5, 5.41) is 5.28. The molecule has 0 unspecified atom stereocenters. The van der Waals surface area contributed by atoms with E-state index in [4.69, 9.17) is 5.73 Å². The predicted molar refractivity (Wildman–Crippen MR) is 93.1 cm³/mol. The molecule has 0 aliphatic carbocycles. The first-order valence-corrected chi connectivity index (χ1v) is 6.81. The van der Waals surface area contributed by atoms with Gasteiger partial charge >= 0.3 is 0 Å². The number of nitrogens with two attached hydrogens (primary N) is 1. The van der Waals surface area contributed by atoms with Gasteiger partial charge in [0.25, 0.3) is 0 Å². The van der Waals surface area contributed by atoms with Crippen molar-refractivity contribution in [1.82, 2.24) is 5.32 Å². The van der Waals surface area contributed by atoms with Gasteiger partial charge < -0.3 is 21.3 Å². The highest BCUT2D eigenvalue weighted by molar-refractivity contribution is 5.97. The molecular formula is C14H22Cl2N4O2. The van der Waals surface area contributed by atoms with E-state index in [-0.39, 0.29) is 49.7 Å². The van der Waals surface area contributed by atoms with Crippen molar-refractivity contribution in [3.8, 4) is 0 Å². The van der Waals surface area contributed by atoms with Crippen LogP contribution in [0.2, 0.25) is 0 Å². The zero-order valence-electron chi connectivity index (χ0n) is 12.2. The summed E-state index contributed by atoms with van der Waals surface area (Å²) < 4.78 is 0. The van der Waals surface area contributed by atoms with E-state index in [0.29, 0.717) is 0 Å².